The van der Waals surface area contributed by atoms with E-state index in [0.29, 0.717) is 5.56 Å². The van der Waals surface area contributed by atoms with Crippen molar-refractivity contribution in [2.45, 2.75) is 6.42 Å². The molecular formula is C10H14N2O4S. The standard InChI is InChI=1S/C10H14N2O4S/c1-12-6-2-4-9(8-12)10(13)11-5-3-7-17(14,15)16/h2,4,6,8H,3,5,7H2,1H3,(H-,11,13,14,15,16). The first-order valence-electron chi connectivity index (χ1n) is 5.05. The Kier molecular flexibility index (Phi) is 4.59. The third-order valence-corrected chi connectivity index (χ3v) is 2.85. The quantitative estimate of drug-likeness (QED) is 0.424. The molecule has 0 aliphatic carbocycles. The lowest BCUT2D eigenvalue weighted by Crippen LogP contribution is -2.31. The molecule has 7 heteroatoms. The van der Waals surface area contributed by atoms with Crippen LogP contribution in [-0.4, -0.2) is 31.2 Å². The van der Waals surface area contributed by atoms with Crippen molar-refractivity contribution in [1.82, 2.24) is 5.32 Å². The maximum Gasteiger partial charge on any atom is 0.257 e. The van der Waals surface area contributed by atoms with Gasteiger partial charge in [0.05, 0.1) is 10.1 Å². The zero-order valence-corrected chi connectivity index (χ0v) is 10.2. The Morgan fingerprint density at radius 1 is 1.53 bits per heavy atom. The highest BCUT2D eigenvalue weighted by Crippen LogP contribution is 1.94. The number of pyridine rings is 1. The number of rotatable bonds is 5. The third kappa shape index (κ3) is 5.41. The molecule has 0 fully saturated rings. The van der Waals surface area contributed by atoms with Gasteiger partial charge in [-0.2, -0.15) is 0 Å². The van der Waals surface area contributed by atoms with E-state index in [1.165, 1.54) is 0 Å². The summed E-state index contributed by atoms with van der Waals surface area (Å²) in [5, 5.41) is 2.54. The van der Waals surface area contributed by atoms with Crippen LogP contribution < -0.4 is 9.88 Å². The number of carbonyl (C=O) groups is 1. The van der Waals surface area contributed by atoms with Crippen molar-refractivity contribution >= 4 is 16.0 Å². The fourth-order valence-corrected chi connectivity index (χ4v) is 1.77. The molecule has 0 saturated heterocycles. The molecule has 1 N–H and O–H groups in total. The van der Waals surface area contributed by atoms with Crippen LogP contribution >= 0.6 is 0 Å². The van der Waals surface area contributed by atoms with Gasteiger partial charge in [0, 0.05) is 18.4 Å². The summed E-state index contributed by atoms with van der Waals surface area (Å²) in [6.07, 6.45) is 3.57. The summed E-state index contributed by atoms with van der Waals surface area (Å²) in [5.74, 6) is -0.750. The first-order chi connectivity index (χ1) is 7.88. The molecule has 0 bridgehead atoms. The lowest BCUT2D eigenvalue weighted by atomic mass is 10.2. The second-order valence-corrected chi connectivity index (χ2v) is 5.15. The Hall–Kier alpha value is -1.47. The molecule has 1 rings (SSSR count). The number of carbonyl (C=O) groups excluding carboxylic acids is 1. The number of hydrogen-bond donors (Lipinski definition) is 1. The molecule has 6 nitrogen and oxygen atoms in total. The predicted octanol–water partition coefficient (Wildman–Crippen LogP) is -0.824. The van der Waals surface area contributed by atoms with Crippen LogP contribution in [-0.2, 0) is 17.2 Å². The number of nitrogens with one attached hydrogen (secondary N) is 1. The van der Waals surface area contributed by atoms with Crippen molar-refractivity contribution in [3.8, 4) is 0 Å². The fraction of sp³-hybridized carbons (Fsp3) is 0.400. The summed E-state index contributed by atoms with van der Waals surface area (Å²) >= 11 is 0. The van der Waals surface area contributed by atoms with Gasteiger partial charge < -0.3 is 9.87 Å². The van der Waals surface area contributed by atoms with E-state index < -0.39 is 15.9 Å². The van der Waals surface area contributed by atoms with E-state index in [9.17, 15) is 17.8 Å². The summed E-state index contributed by atoms with van der Waals surface area (Å²) in [5.41, 5.74) is 0.486. The topological polar surface area (TPSA) is 90.2 Å². The zero-order chi connectivity index (χ0) is 12.9. The lowest BCUT2D eigenvalue weighted by molar-refractivity contribution is -0.671. The van der Waals surface area contributed by atoms with Gasteiger partial charge in [-0.15, -0.1) is 0 Å². The van der Waals surface area contributed by atoms with Gasteiger partial charge in [-0.1, -0.05) is 0 Å². The molecule has 0 unspecified atom stereocenters. The molecule has 0 saturated carbocycles. The summed E-state index contributed by atoms with van der Waals surface area (Å²) in [4.78, 5) is 11.6. The van der Waals surface area contributed by atoms with E-state index in [4.69, 9.17) is 0 Å². The maximum atomic E-state index is 11.6. The smallest absolute Gasteiger partial charge is 0.257 e. The molecule has 0 aliphatic rings. The van der Waals surface area contributed by atoms with E-state index in [0.717, 1.165) is 0 Å². The minimum absolute atomic E-state index is 0.122. The SMILES string of the molecule is C[n+]1cccc(C(=O)NCCCS(=O)(=O)[O-])c1. The van der Waals surface area contributed by atoms with Gasteiger partial charge in [0.15, 0.2) is 12.4 Å². The van der Waals surface area contributed by atoms with Crippen LogP contribution in [0.15, 0.2) is 24.5 Å². The van der Waals surface area contributed by atoms with Crippen LogP contribution in [0.5, 0.6) is 0 Å². The Morgan fingerprint density at radius 3 is 2.82 bits per heavy atom. The summed E-state index contributed by atoms with van der Waals surface area (Å²) in [7, 11) is -2.41. The van der Waals surface area contributed by atoms with Crippen LogP contribution in [0.3, 0.4) is 0 Å². The average molecular weight is 258 g/mol. The van der Waals surface area contributed by atoms with Crippen LogP contribution in [0.2, 0.25) is 0 Å². The minimum atomic E-state index is -4.20. The highest BCUT2D eigenvalue weighted by Gasteiger charge is 2.08. The van der Waals surface area contributed by atoms with Crippen LogP contribution in [0.4, 0.5) is 0 Å². The molecule has 94 valence electrons. The number of nitrogens with zero attached hydrogens (tertiary/aromatic N) is 1. The van der Waals surface area contributed by atoms with E-state index in [1.54, 1.807) is 36.1 Å². The van der Waals surface area contributed by atoms with E-state index in [1.807, 2.05) is 0 Å². The van der Waals surface area contributed by atoms with Crippen molar-refractivity contribution in [2.24, 2.45) is 7.05 Å². The van der Waals surface area contributed by atoms with Gasteiger partial charge >= 0.3 is 0 Å². The molecular weight excluding hydrogens is 244 g/mol. The van der Waals surface area contributed by atoms with Gasteiger partial charge in [0.2, 0.25) is 0 Å². The van der Waals surface area contributed by atoms with Crippen LogP contribution in [0.25, 0.3) is 0 Å². The van der Waals surface area contributed by atoms with Gasteiger partial charge in [-0.25, -0.2) is 13.0 Å². The van der Waals surface area contributed by atoms with Crippen LogP contribution in [0.1, 0.15) is 16.8 Å². The van der Waals surface area contributed by atoms with E-state index >= 15 is 0 Å². The summed E-state index contributed by atoms with van der Waals surface area (Å²) < 4.78 is 32.7. The largest absolute Gasteiger partial charge is 0.748 e. The van der Waals surface area contributed by atoms with Gasteiger partial charge in [0.25, 0.3) is 5.91 Å². The van der Waals surface area contributed by atoms with Gasteiger partial charge in [-0.3, -0.25) is 4.79 Å². The van der Waals surface area contributed by atoms with Crippen LogP contribution in [0, 0.1) is 0 Å². The Bertz CT molecular complexity index is 499. The fourth-order valence-electron chi connectivity index (χ4n) is 1.28. The minimum Gasteiger partial charge on any atom is -0.748 e. The first-order valence-corrected chi connectivity index (χ1v) is 6.63. The molecule has 0 aliphatic heterocycles. The summed E-state index contributed by atoms with van der Waals surface area (Å²) in [6, 6.07) is 3.39. The Morgan fingerprint density at radius 2 is 2.24 bits per heavy atom. The second-order valence-electron chi connectivity index (χ2n) is 3.63. The number of amides is 1. The lowest BCUT2D eigenvalue weighted by Gasteiger charge is -2.07. The van der Waals surface area contributed by atoms with Gasteiger partial charge in [-0.05, 0) is 12.5 Å². The molecule has 0 atom stereocenters. The highest BCUT2D eigenvalue weighted by atomic mass is 32.2. The van der Waals surface area contributed by atoms with Crippen molar-refractivity contribution < 1.29 is 22.3 Å². The third-order valence-electron chi connectivity index (χ3n) is 2.06. The Labute approximate surface area is 100 Å². The van der Waals surface area contributed by atoms with Crippen molar-refractivity contribution in [3.05, 3.63) is 30.1 Å². The molecule has 1 aromatic rings. The molecule has 1 aromatic heterocycles. The molecule has 1 heterocycles. The average Bonchev–Trinajstić information content (AvgIpc) is 2.23. The molecule has 0 spiro atoms. The monoisotopic (exact) mass is 258 g/mol. The number of aryl methyl sites for hydroxylation is 1. The van der Waals surface area contributed by atoms with Crippen molar-refractivity contribution in [3.63, 3.8) is 0 Å². The molecule has 1 amide bonds. The normalized spacial score (nSPS) is 11.2. The second kappa shape index (κ2) is 5.74. The Balaban J connectivity index is 2.41. The molecule has 0 radical (unpaired) electrons. The highest BCUT2D eigenvalue weighted by molar-refractivity contribution is 7.85. The van der Waals surface area contributed by atoms with E-state index in [2.05, 4.69) is 5.32 Å². The zero-order valence-electron chi connectivity index (χ0n) is 9.42. The maximum absolute atomic E-state index is 11.6. The van der Waals surface area contributed by atoms with E-state index in [-0.39, 0.29) is 18.9 Å². The number of hydrogen-bond acceptors (Lipinski definition) is 4. The van der Waals surface area contributed by atoms with Gasteiger partial charge in [0.1, 0.15) is 12.6 Å². The van der Waals surface area contributed by atoms with Crippen molar-refractivity contribution in [2.75, 3.05) is 12.3 Å². The van der Waals surface area contributed by atoms with Crippen molar-refractivity contribution in [1.29, 1.82) is 0 Å². The molecule has 17 heavy (non-hydrogen) atoms. The molecule has 0 aromatic carbocycles. The first kappa shape index (κ1) is 13.6. The number of aromatic nitrogens is 1. The predicted molar refractivity (Wildman–Crippen MR) is 59.1 cm³/mol. The summed E-state index contributed by atoms with van der Waals surface area (Å²) in [6.45, 7) is 0.166.